The normalized spacial score (nSPS) is 13.4. The van der Waals surface area contributed by atoms with Crippen molar-refractivity contribution >= 4 is 50.3 Å². The van der Waals surface area contributed by atoms with Crippen molar-refractivity contribution < 1.29 is 9.59 Å². The predicted octanol–water partition coefficient (Wildman–Crippen LogP) is 1.93. The van der Waals surface area contributed by atoms with E-state index in [2.05, 4.69) is 25.6 Å². The Labute approximate surface area is 168 Å². The van der Waals surface area contributed by atoms with Crippen LogP contribution in [0, 0.1) is 0 Å². The molecule has 0 atom stereocenters. The second kappa shape index (κ2) is 8.11. The van der Waals surface area contributed by atoms with E-state index < -0.39 is 0 Å². The van der Waals surface area contributed by atoms with Crippen molar-refractivity contribution in [3.8, 4) is 0 Å². The summed E-state index contributed by atoms with van der Waals surface area (Å²) in [6, 6.07) is 9.20. The Kier molecular flexibility index (Phi) is 5.40. The van der Waals surface area contributed by atoms with Gasteiger partial charge in [-0.25, -0.2) is 9.97 Å². The number of nitrogens with one attached hydrogen (secondary N) is 3. The van der Waals surface area contributed by atoms with E-state index in [4.69, 9.17) is 0 Å². The molecule has 1 aromatic carbocycles. The number of benzene rings is 1. The number of aromatic nitrogens is 3. The molecule has 1 fully saturated rings. The van der Waals surface area contributed by atoms with Crippen molar-refractivity contribution in [2.45, 2.75) is 30.5 Å². The van der Waals surface area contributed by atoms with Crippen LogP contribution in [0.4, 0.5) is 5.13 Å². The lowest BCUT2D eigenvalue weighted by Crippen LogP contribution is -2.28. The van der Waals surface area contributed by atoms with Gasteiger partial charge in [-0.1, -0.05) is 35.2 Å². The van der Waals surface area contributed by atoms with Crippen LogP contribution in [-0.2, 0) is 16.0 Å². The Morgan fingerprint density at radius 1 is 1.21 bits per heavy atom. The zero-order valence-electron chi connectivity index (χ0n) is 14.7. The van der Waals surface area contributed by atoms with Gasteiger partial charge in [-0.05, 0) is 25.0 Å². The quantitative estimate of drug-likeness (QED) is 0.401. The van der Waals surface area contributed by atoms with Crippen molar-refractivity contribution in [2.24, 2.45) is 0 Å². The summed E-state index contributed by atoms with van der Waals surface area (Å²) in [5.74, 6) is -0.329. The largest absolute Gasteiger partial charge is 0.353 e. The fourth-order valence-electron chi connectivity index (χ4n) is 2.53. The molecule has 3 aromatic rings. The van der Waals surface area contributed by atoms with E-state index in [0.29, 0.717) is 16.0 Å². The highest BCUT2D eigenvalue weighted by atomic mass is 32.2. The second-order valence-corrected chi connectivity index (χ2v) is 8.38. The third-order valence-electron chi connectivity index (χ3n) is 3.94. The molecular formula is C18H17N5O3S2. The van der Waals surface area contributed by atoms with Crippen molar-refractivity contribution in [1.29, 1.82) is 0 Å². The average Bonchev–Trinajstić information content (AvgIpc) is 3.35. The molecule has 0 unspecified atom stereocenters. The molecule has 10 heteroatoms. The maximum atomic E-state index is 12.2. The van der Waals surface area contributed by atoms with Gasteiger partial charge in [-0.15, -0.1) is 0 Å². The number of para-hydroxylation sites is 1. The minimum atomic E-state index is -0.349. The number of H-pyrrole nitrogens is 1. The van der Waals surface area contributed by atoms with Crippen LogP contribution in [0.1, 0.15) is 18.5 Å². The molecule has 28 heavy (non-hydrogen) atoms. The number of nitrogens with zero attached hydrogens (tertiary/aromatic N) is 2. The highest BCUT2D eigenvalue weighted by Gasteiger charge is 2.23. The van der Waals surface area contributed by atoms with Crippen LogP contribution in [0.25, 0.3) is 10.2 Å². The number of fused-ring (bicyclic) bond motifs is 1. The molecule has 0 radical (unpaired) electrons. The number of rotatable bonds is 7. The lowest BCUT2D eigenvalue weighted by molar-refractivity contribution is -0.120. The van der Waals surface area contributed by atoms with Crippen molar-refractivity contribution in [2.75, 3.05) is 11.1 Å². The molecule has 2 amide bonds. The van der Waals surface area contributed by atoms with Gasteiger partial charge in [0.15, 0.2) is 10.3 Å². The van der Waals surface area contributed by atoms with E-state index in [-0.39, 0.29) is 35.6 Å². The smallest absolute Gasteiger partial charge is 0.251 e. The first-order valence-corrected chi connectivity index (χ1v) is 10.5. The van der Waals surface area contributed by atoms with Crippen LogP contribution in [0.2, 0.25) is 0 Å². The lowest BCUT2D eigenvalue weighted by Gasteiger charge is -2.05. The number of thiazole rings is 1. The van der Waals surface area contributed by atoms with Gasteiger partial charge >= 0.3 is 0 Å². The number of hydrogen-bond donors (Lipinski definition) is 3. The van der Waals surface area contributed by atoms with Crippen molar-refractivity contribution in [1.82, 2.24) is 20.3 Å². The molecule has 1 aliphatic rings. The minimum Gasteiger partial charge on any atom is -0.353 e. The van der Waals surface area contributed by atoms with Gasteiger partial charge in [-0.2, -0.15) is 0 Å². The average molecular weight is 416 g/mol. The molecule has 0 spiro atoms. The summed E-state index contributed by atoms with van der Waals surface area (Å²) in [4.78, 5) is 47.1. The molecule has 1 aliphatic carbocycles. The maximum Gasteiger partial charge on any atom is 0.251 e. The zero-order chi connectivity index (χ0) is 19.5. The Bertz CT molecular complexity index is 1060. The molecular weight excluding hydrogens is 398 g/mol. The summed E-state index contributed by atoms with van der Waals surface area (Å²) >= 11 is 2.50. The number of thioether (sulfide) groups is 1. The standard InChI is InChI=1S/C18H17N5O3S2/c24-14(19-10-5-6-10)7-11-8-15(25)22-17(20-11)27-9-16(26)23-18-21-12-3-1-2-4-13(12)28-18/h1-4,8,10H,5-7,9H2,(H,19,24)(H,20,22,25)(H,21,23,26). The monoisotopic (exact) mass is 415 g/mol. The van der Waals surface area contributed by atoms with E-state index in [1.165, 1.54) is 17.4 Å². The SMILES string of the molecule is O=C(CSc1nc(CC(=O)NC2CC2)cc(=O)[nH]1)Nc1nc2ccccc2s1. The second-order valence-electron chi connectivity index (χ2n) is 6.38. The summed E-state index contributed by atoms with van der Waals surface area (Å²) in [6.07, 6.45) is 2.05. The summed E-state index contributed by atoms with van der Waals surface area (Å²) < 4.78 is 0.994. The first-order valence-electron chi connectivity index (χ1n) is 8.73. The fraction of sp³-hybridized carbons (Fsp3) is 0.278. The number of carbonyl (C=O) groups excluding carboxylic acids is 2. The minimum absolute atomic E-state index is 0.0475. The lowest BCUT2D eigenvalue weighted by atomic mass is 10.3. The topological polar surface area (TPSA) is 117 Å². The Hall–Kier alpha value is -2.72. The first-order chi connectivity index (χ1) is 13.5. The zero-order valence-corrected chi connectivity index (χ0v) is 16.4. The molecule has 3 N–H and O–H groups in total. The van der Waals surface area contributed by atoms with Gasteiger partial charge < -0.3 is 15.6 Å². The van der Waals surface area contributed by atoms with E-state index >= 15 is 0 Å². The number of carbonyl (C=O) groups is 2. The van der Waals surface area contributed by atoms with E-state index in [0.717, 1.165) is 34.8 Å². The van der Waals surface area contributed by atoms with Gasteiger partial charge in [0.2, 0.25) is 11.8 Å². The molecule has 2 aromatic heterocycles. The van der Waals surface area contributed by atoms with Crippen LogP contribution in [0.5, 0.6) is 0 Å². The third-order valence-corrected chi connectivity index (χ3v) is 5.76. The molecule has 0 bridgehead atoms. The molecule has 144 valence electrons. The summed E-state index contributed by atoms with van der Waals surface area (Å²) in [5, 5.41) is 6.45. The van der Waals surface area contributed by atoms with Crippen molar-refractivity contribution in [3.05, 3.63) is 46.4 Å². The maximum absolute atomic E-state index is 12.2. The van der Waals surface area contributed by atoms with Crippen LogP contribution < -0.4 is 16.2 Å². The van der Waals surface area contributed by atoms with Gasteiger partial charge in [0.25, 0.3) is 5.56 Å². The molecule has 0 aliphatic heterocycles. The molecule has 1 saturated carbocycles. The van der Waals surface area contributed by atoms with Gasteiger partial charge in [0.1, 0.15) is 0 Å². The number of anilines is 1. The Morgan fingerprint density at radius 3 is 2.82 bits per heavy atom. The third kappa shape index (κ3) is 4.96. The van der Waals surface area contributed by atoms with E-state index in [9.17, 15) is 14.4 Å². The predicted molar refractivity (Wildman–Crippen MR) is 109 cm³/mol. The Morgan fingerprint density at radius 2 is 2.04 bits per heavy atom. The van der Waals surface area contributed by atoms with Crippen molar-refractivity contribution in [3.63, 3.8) is 0 Å². The van der Waals surface area contributed by atoms with Crippen LogP contribution >= 0.6 is 23.1 Å². The van der Waals surface area contributed by atoms with Crippen LogP contribution in [0.3, 0.4) is 0 Å². The molecule has 4 rings (SSSR count). The number of amides is 2. The van der Waals surface area contributed by atoms with E-state index in [1.807, 2.05) is 24.3 Å². The Balaban J connectivity index is 1.34. The highest BCUT2D eigenvalue weighted by molar-refractivity contribution is 7.99. The highest BCUT2D eigenvalue weighted by Crippen LogP contribution is 2.25. The number of aromatic amines is 1. The summed E-state index contributed by atoms with van der Waals surface area (Å²) in [7, 11) is 0. The molecule has 2 heterocycles. The summed E-state index contributed by atoms with van der Waals surface area (Å²) in [6.45, 7) is 0. The van der Waals surface area contributed by atoms with E-state index in [1.54, 1.807) is 0 Å². The first kappa shape index (κ1) is 18.6. The summed E-state index contributed by atoms with van der Waals surface area (Å²) in [5.41, 5.74) is 0.868. The van der Waals surface area contributed by atoms with Gasteiger partial charge in [0.05, 0.1) is 28.1 Å². The van der Waals surface area contributed by atoms with Crippen LogP contribution in [0.15, 0.2) is 40.3 Å². The van der Waals surface area contributed by atoms with Crippen LogP contribution in [-0.4, -0.2) is 38.6 Å². The van der Waals surface area contributed by atoms with Gasteiger partial charge in [-0.3, -0.25) is 14.4 Å². The molecule has 0 saturated heterocycles. The number of hydrogen-bond acceptors (Lipinski definition) is 7. The molecule has 8 nitrogen and oxygen atoms in total. The fourth-order valence-corrected chi connectivity index (χ4v) is 4.10. The van der Waals surface area contributed by atoms with Gasteiger partial charge in [0, 0.05) is 12.1 Å².